The van der Waals surface area contributed by atoms with Crippen LogP contribution in [0.3, 0.4) is 0 Å². The molecular weight excluding hydrogens is 278 g/mol. The van der Waals surface area contributed by atoms with Crippen molar-refractivity contribution in [1.82, 2.24) is 9.88 Å². The molecule has 2 heterocycles. The van der Waals surface area contributed by atoms with E-state index in [9.17, 15) is 9.90 Å². The minimum atomic E-state index is -0.822. The van der Waals surface area contributed by atoms with Crippen LogP contribution >= 0.6 is 0 Å². The molecule has 2 aromatic rings. The molecule has 0 saturated carbocycles. The van der Waals surface area contributed by atoms with Crippen molar-refractivity contribution in [3.05, 3.63) is 30.5 Å². The molecule has 5 heteroatoms. The standard InChI is InChI=1S/C17H23N3O2/c1-17(2,3)14-11-19(9-10-20(14)16(21)22)13-6-4-5-12-7-8-18-15(12)13/h4-8,14,18H,9-11H2,1-3H3,(H,21,22). The Morgan fingerprint density at radius 2 is 2.05 bits per heavy atom. The molecule has 1 atom stereocenters. The number of anilines is 1. The molecule has 1 aromatic heterocycles. The fourth-order valence-corrected chi connectivity index (χ4v) is 3.30. The van der Waals surface area contributed by atoms with E-state index >= 15 is 0 Å². The zero-order valence-electron chi connectivity index (χ0n) is 13.3. The van der Waals surface area contributed by atoms with Gasteiger partial charge in [-0.3, -0.25) is 0 Å². The highest BCUT2D eigenvalue weighted by Crippen LogP contribution is 2.32. The summed E-state index contributed by atoms with van der Waals surface area (Å²) in [7, 11) is 0. The van der Waals surface area contributed by atoms with Gasteiger partial charge in [0.1, 0.15) is 0 Å². The van der Waals surface area contributed by atoms with Gasteiger partial charge in [-0.25, -0.2) is 4.79 Å². The molecule has 1 saturated heterocycles. The van der Waals surface area contributed by atoms with Gasteiger partial charge >= 0.3 is 6.09 Å². The smallest absolute Gasteiger partial charge is 0.407 e. The molecule has 0 bridgehead atoms. The normalized spacial score (nSPS) is 19.7. The second-order valence-electron chi connectivity index (χ2n) is 7.02. The average Bonchev–Trinajstić information content (AvgIpc) is 2.94. The molecule has 0 spiro atoms. The first-order valence-electron chi connectivity index (χ1n) is 7.68. The molecule has 22 heavy (non-hydrogen) atoms. The van der Waals surface area contributed by atoms with E-state index in [1.54, 1.807) is 4.90 Å². The second-order valence-corrected chi connectivity index (χ2v) is 7.02. The maximum Gasteiger partial charge on any atom is 0.407 e. The highest BCUT2D eigenvalue weighted by atomic mass is 16.4. The van der Waals surface area contributed by atoms with Crippen molar-refractivity contribution in [3.63, 3.8) is 0 Å². The summed E-state index contributed by atoms with van der Waals surface area (Å²) in [5.74, 6) is 0. The lowest BCUT2D eigenvalue weighted by Crippen LogP contribution is -2.59. The van der Waals surface area contributed by atoms with E-state index in [0.29, 0.717) is 13.1 Å². The molecule has 1 aliphatic heterocycles. The number of aromatic nitrogens is 1. The van der Waals surface area contributed by atoms with Gasteiger partial charge in [0.05, 0.1) is 17.2 Å². The van der Waals surface area contributed by atoms with Crippen molar-refractivity contribution in [1.29, 1.82) is 0 Å². The van der Waals surface area contributed by atoms with Crippen molar-refractivity contribution in [3.8, 4) is 0 Å². The van der Waals surface area contributed by atoms with E-state index in [-0.39, 0.29) is 11.5 Å². The highest BCUT2D eigenvalue weighted by molar-refractivity contribution is 5.91. The molecule has 1 unspecified atom stereocenters. The Bertz CT molecular complexity index is 687. The maximum absolute atomic E-state index is 11.5. The van der Waals surface area contributed by atoms with Gasteiger partial charge in [-0.1, -0.05) is 32.9 Å². The van der Waals surface area contributed by atoms with Crippen molar-refractivity contribution >= 4 is 22.7 Å². The predicted octanol–water partition coefficient (Wildman–Crippen LogP) is 3.38. The van der Waals surface area contributed by atoms with Crippen molar-refractivity contribution < 1.29 is 9.90 Å². The van der Waals surface area contributed by atoms with Crippen LogP contribution in [0.1, 0.15) is 20.8 Å². The molecule has 1 aromatic carbocycles. The Hall–Kier alpha value is -2.17. The van der Waals surface area contributed by atoms with Gasteiger partial charge in [0.15, 0.2) is 0 Å². The van der Waals surface area contributed by atoms with Gasteiger partial charge in [-0.15, -0.1) is 0 Å². The third-order valence-electron chi connectivity index (χ3n) is 4.53. The van der Waals surface area contributed by atoms with E-state index in [2.05, 4.69) is 54.9 Å². The van der Waals surface area contributed by atoms with Gasteiger partial charge in [0, 0.05) is 31.2 Å². The van der Waals surface area contributed by atoms with Crippen molar-refractivity contribution in [2.24, 2.45) is 5.41 Å². The summed E-state index contributed by atoms with van der Waals surface area (Å²) in [6, 6.07) is 8.29. The first-order valence-corrected chi connectivity index (χ1v) is 7.68. The molecule has 0 aliphatic carbocycles. The number of benzene rings is 1. The van der Waals surface area contributed by atoms with Gasteiger partial charge in [0.25, 0.3) is 0 Å². The summed E-state index contributed by atoms with van der Waals surface area (Å²) >= 11 is 0. The van der Waals surface area contributed by atoms with Crippen LogP contribution in [-0.2, 0) is 0 Å². The van der Waals surface area contributed by atoms with E-state index < -0.39 is 6.09 Å². The lowest BCUT2D eigenvalue weighted by atomic mass is 9.84. The quantitative estimate of drug-likeness (QED) is 0.849. The van der Waals surface area contributed by atoms with Crippen LogP contribution in [-0.4, -0.2) is 46.8 Å². The second kappa shape index (κ2) is 5.23. The number of hydrogen-bond donors (Lipinski definition) is 2. The summed E-state index contributed by atoms with van der Waals surface area (Å²) in [6.45, 7) is 8.28. The van der Waals surface area contributed by atoms with Crippen molar-refractivity contribution in [2.75, 3.05) is 24.5 Å². The SMILES string of the molecule is CC(C)(C)C1CN(c2cccc3cc[nH]c23)CCN1C(=O)O. The number of rotatable bonds is 1. The van der Waals surface area contributed by atoms with Crippen LogP contribution in [0.25, 0.3) is 10.9 Å². The van der Waals surface area contributed by atoms with Gasteiger partial charge in [-0.2, -0.15) is 0 Å². The average molecular weight is 301 g/mol. The molecule has 5 nitrogen and oxygen atoms in total. The number of nitrogens with one attached hydrogen (secondary N) is 1. The van der Waals surface area contributed by atoms with E-state index in [4.69, 9.17) is 0 Å². The summed E-state index contributed by atoms with van der Waals surface area (Å²) in [6.07, 6.45) is 1.13. The molecule has 1 amide bonds. The molecule has 1 aliphatic rings. The van der Waals surface area contributed by atoms with Crippen LogP contribution < -0.4 is 4.90 Å². The molecule has 0 radical (unpaired) electrons. The van der Waals surface area contributed by atoms with Crippen LogP contribution in [0, 0.1) is 5.41 Å². The van der Waals surface area contributed by atoms with Crippen LogP contribution in [0.2, 0.25) is 0 Å². The monoisotopic (exact) mass is 301 g/mol. The Morgan fingerprint density at radius 1 is 1.27 bits per heavy atom. The number of carboxylic acid groups (broad SMARTS) is 1. The van der Waals surface area contributed by atoms with Crippen LogP contribution in [0.4, 0.5) is 10.5 Å². The number of amides is 1. The van der Waals surface area contributed by atoms with E-state index in [1.807, 2.05) is 6.20 Å². The Morgan fingerprint density at radius 3 is 2.73 bits per heavy atom. The van der Waals surface area contributed by atoms with Crippen LogP contribution in [0.5, 0.6) is 0 Å². The summed E-state index contributed by atoms with van der Waals surface area (Å²) < 4.78 is 0. The molecular formula is C17H23N3O2. The minimum Gasteiger partial charge on any atom is -0.465 e. The molecule has 2 N–H and O–H groups in total. The largest absolute Gasteiger partial charge is 0.465 e. The third kappa shape index (κ3) is 2.51. The number of carbonyl (C=O) groups is 1. The molecule has 3 rings (SSSR count). The van der Waals surface area contributed by atoms with Gasteiger partial charge < -0.3 is 19.9 Å². The van der Waals surface area contributed by atoms with Gasteiger partial charge in [-0.05, 0) is 17.5 Å². The first-order chi connectivity index (χ1) is 10.4. The fourth-order valence-electron chi connectivity index (χ4n) is 3.30. The zero-order valence-corrected chi connectivity index (χ0v) is 13.3. The lowest BCUT2D eigenvalue weighted by molar-refractivity contribution is 0.0749. The lowest BCUT2D eigenvalue weighted by Gasteiger charge is -2.46. The Balaban J connectivity index is 1.94. The number of para-hydroxylation sites is 1. The summed E-state index contributed by atoms with van der Waals surface area (Å²) in [5.41, 5.74) is 2.18. The minimum absolute atomic E-state index is 0.0241. The maximum atomic E-state index is 11.5. The van der Waals surface area contributed by atoms with Gasteiger partial charge in [0.2, 0.25) is 0 Å². The summed E-state index contributed by atoms with van der Waals surface area (Å²) in [5, 5.41) is 10.7. The van der Waals surface area contributed by atoms with E-state index in [1.165, 1.54) is 5.39 Å². The zero-order chi connectivity index (χ0) is 15.9. The Labute approximate surface area is 130 Å². The first kappa shape index (κ1) is 14.8. The van der Waals surface area contributed by atoms with Crippen LogP contribution in [0.15, 0.2) is 30.5 Å². The Kier molecular flexibility index (Phi) is 3.51. The van der Waals surface area contributed by atoms with Crippen molar-refractivity contribution in [2.45, 2.75) is 26.8 Å². The number of aromatic amines is 1. The number of fused-ring (bicyclic) bond motifs is 1. The number of piperazine rings is 1. The van der Waals surface area contributed by atoms with E-state index in [0.717, 1.165) is 17.7 Å². The fraction of sp³-hybridized carbons (Fsp3) is 0.471. The molecule has 118 valence electrons. The number of hydrogen-bond acceptors (Lipinski definition) is 2. The highest BCUT2D eigenvalue weighted by Gasteiger charge is 2.38. The predicted molar refractivity (Wildman–Crippen MR) is 88.5 cm³/mol. The topological polar surface area (TPSA) is 59.6 Å². The third-order valence-corrected chi connectivity index (χ3v) is 4.53. The number of nitrogens with zero attached hydrogens (tertiary/aromatic N) is 2. The number of H-pyrrole nitrogens is 1. The molecule has 1 fully saturated rings. The summed E-state index contributed by atoms with van der Waals surface area (Å²) in [4.78, 5) is 18.7.